The topological polar surface area (TPSA) is 33.3 Å². The maximum absolute atomic E-state index is 6.63. The zero-order valence-electron chi connectivity index (χ0n) is 25.6. The lowest BCUT2D eigenvalue weighted by Gasteiger charge is -2.22. The Hall–Kier alpha value is -6.06. The van der Waals surface area contributed by atoms with Gasteiger partial charge in [0.2, 0.25) is 0 Å². The van der Waals surface area contributed by atoms with Gasteiger partial charge in [0.15, 0.2) is 12.0 Å². The van der Waals surface area contributed by atoms with Gasteiger partial charge in [0.1, 0.15) is 6.04 Å². The number of ether oxygens (including phenoxy) is 1. The van der Waals surface area contributed by atoms with E-state index in [1.807, 2.05) is 12.3 Å². The fraction of sp³-hybridized carbons (Fsp3) is 0.0455. The van der Waals surface area contributed by atoms with E-state index in [4.69, 9.17) is 4.74 Å². The highest BCUT2D eigenvalue weighted by Crippen LogP contribution is 2.44. The van der Waals surface area contributed by atoms with E-state index in [-0.39, 0.29) is 12.3 Å². The molecular formula is C44H30N2O. The average Bonchev–Trinajstić information content (AvgIpc) is 3.59. The molecular weight excluding hydrogens is 572 g/mol. The van der Waals surface area contributed by atoms with Gasteiger partial charge in [-0.3, -0.25) is 0 Å². The Bertz CT molecular complexity index is 2630. The Labute approximate surface area is 272 Å². The molecule has 47 heavy (non-hydrogen) atoms. The number of nitrogens with one attached hydrogen (secondary N) is 2. The minimum Gasteiger partial charge on any atom is -0.465 e. The van der Waals surface area contributed by atoms with Gasteiger partial charge in [0, 0.05) is 5.39 Å². The van der Waals surface area contributed by atoms with Crippen LogP contribution in [0.4, 0.5) is 5.69 Å². The fourth-order valence-corrected chi connectivity index (χ4v) is 7.63. The molecule has 0 saturated carbocycles. The van der Waals surface area contributed by atoms with Crippen LogP contribution in [0, 0.1) is 0 Å². The minimum atomic E-state index is -0.179. The van der Waals surface area contributed by atoms with Crippen molar-refractivity contribution in [3.8, 4) is 28.0 Å². The van der Waals surface area contributed by atoms with Crippen molar-refractivity contribution < 1.29 is 4.74 Å². The molecule has 0 bridgehead atoms. The van der Waals surface area contributed by atoms with Crippen LogP contribution in [0.15, 0.2) is 158 Å². The van der Waals surface area contributed by atoms with Gasteiger partial charge in [-0.05, 0) is 107 Å². The summed E-state index contributed by atoms with van der Waals surface area (Å²) >= 11 is 0. The lowest BCUT2D eigenvalue weighted by Crippen LogP contribution is -2.42. The van der Waals surface area contributed by atoms with E-state index in [1.165, 1.54) is 70.7 Å². The van der Waals surface area contributed by atoms with Crippen LogP contribution >= 0.6 is 0 Å². The lowest BCUT2D eigenvalue weighted by atomic mass is 9.89. The van der Waals surface area contributed by atoms with Crippen LogP contribution in [0.1, 0.15) is 0 Å². The third-order valence-corrected chi connectivity index (χ3v) is 9.89. The molecule has 222 valence electrons. The first-order chi connectivity index (χ1) is 23.3. The lowest BCUT2D eigenvalue weighted by molar-refractivity contribution is 0.228. The molecule has 2 aliphatic heterocycles. The number of fused-ring (bicyclic) bond motifs is 10. The smallest absolute Gasteiger partial charge is 0.194 e. The highest BCUT2D eigenvalue weighted by molar-refractivity contribution is 6.23. The van der Waals surface area contributed by atoms with E-state index in [0.717, 1.165) is 16.8 Å². The van der Waals surface area contributed by atoms with Gasteiger partial charge in [-0.2, -0.15) is 0 Å². The summed E-state index contributed by atoms with van der Waals surface area (Å²) in [5, 5.41) is 19.4. The standard InChI is InChI=1S/C44H30N2O/c1-2-11-34-27(8-1)17-20-33-26-37(35-12-3-4-13-36(35)41(33)34)32-10-7-9-30(24-32)31-19-16-28-15-18-29-21-22-39-43(42(29)38(28)25-31)47-44(46-39)40-14-5-6-23-45-40/h1-26,40,44-46H. The van der Waals surface area contributed by atoms with Crippen LogP contribution in [-0.2, 0) is 0 Å². The van der Waals surface area contributed by atoms with Crippen LogP contribution in [0.25, 0.3) is 76.1 Å². The normalized spacial score (nSPS) is 16.9. The molecule has 2 unspecified atom stereocenters. The number of allylic oxidation sites excluding steroid dienone is 2. The summed E-state index contributed by atoms with van der Waals surface area (Å²) in [5.41, 5.74) is 5.87. The molecule has 0 aromatic heterocycles. The predicted octanol–water partition coefficient (Wildman–Crippen LogP) is 11.0. The number of hydrogen-bond donors (Lipinski definition) is 2. The van der Waals surface area contributed by atoms with Gasteiger partial charge in [0.25, 0.3) is 0 Å². The van der Waals surface area contributed by atoms with Crippen LogP contribution < -0.4 is 15.4 Å². The largest absolute Gasteiger partial charge is 0.465 e. The van der Waals surface area contributed by atoms with E-state index < -0.39 is 0 Å². The molecule has 2 aliphatic rings. The molecule has 0 radical (unpaired) electrons. The van der Waals surface area contributed by atoms with Gasteiger partial charge >= 0.3 is 0 Å². The Morgan fingerprint density at radius 1 is 0.489 bits per heavy atom. The van der Waals surface area contributed by atoms with Gasteiger partial charge in [-0.15, -0.1) is 0 Å². The predicted molar refractivity (Wildman–Crippen MR) is 198 cm³/mol. The number of anilines is 1. The molecule has 3 heteroatoms. The summed E-state index contributed by atoms with van der Waals surface area (Å²) < 4.78 is 6.63. The number of rotatable bonds is 3. The molecule has 2 heterocycles. The van der Waals surface area contributed by atoms with Crippen molar-refractivity contribution in [2.45, 2.75) is 12.3 Å². The molecule has 0 spiro atoms. The van der Waals surface area contributed by atoms with Gasteiger partial charge < -0.3 is 15.4 Å². The summed E-state index contributed by atoms with van der Waals surface area (Å²) in [6.07, 6.45) is 7.99. The molecule has 8 aromatic carbocycles. The van der Waals surface area contributed by atoms with E-state index in [0.29, 0.717) is 0 Å². The molecule has 0 amide bonds. The fourth-order valence-electron chi connectivity index (χ4n) is 7.63. The average molecular weight is 603 g/mol. The monoisotopic (exact) mass is 602 g/mol. The quantitative estimate of drug-likeness (QED) is 0.197. The second kappa shape index (κ2) is 10.2. The number of benzene rings is 8. The van der Waals surface area contributed by atoms with Crippen LogP contribution in [0.3, 0.4) is 0 Å². The first-order valence-electron chi connectivity index (χ1n) is 16.2. The highest BCUT2D eigenvalue weighted by Gasteiger charge is 2.30. The summed E-state index contributed by atoms with van der Waals surface area (Å²) in [7, 11) is 0. The third kappa shape index (κ3) is 4.13. The second-order valence-corrected chi connectivity index (χ2v) is 12.6. The number of hydrogen-bond acceptors (Lipinski definition) is 3. The van der Waals surface area contributed by atoms with E-state index in [9.17, 15) is 0 Å². The van der Waals surface area contributed by atoms with E-state index >= 15 is 0 Å². The maximum Gasteiger partial charge on any atom is 0.194 e. The Morgan fingerprint density at radius 2 is 1.21 bits per heavy atom. The molecule has 0 aliphatic carbocycles. The number of dihydropyridines is 1. The Morgan fingerprint density at radius 3 is 2.11 bits per heavy atom. The van der Waals surface area contributed by atoms with Crippen molar-refractivity contribution in [2.24, 2.45) is 0 Å². The van der Waals surface area contributed by atoms with E-state index in [1.54, 1.807) is 0 Å². The van der Waals surface area contributed by atoms with Crippen molar-refractivity contribution >= 4 is 59.5 Å². The van der Waals surface area contributed by atoms with Gasteiger partial charge in [0.05, 0.1) is 5.69 Å². The molecule has 10 rings (SSSR count). The van der Waals surface area contributed by atoms with Crippen molar-refractivity contribution in [3.05, 3.63) is 158 Å². The van der Waals surface area contributed by atoms with Crippen molar-refractivity contribution in [2.75, 3.05) is 5.32 Å². The van der Waals surface area contributed by atoms with Crippen LogP contribution in [-0.4, -0.2) is 12.3 Å². The van der Waals surface area contributed by atoms with Crippen molar-refractivity contribution in [1.82, 2.24) is 5.32 Å². The Kier molecular flexibility index (Phi) is 5.70. The zero-order valence-corrected chi connectivity index (χ0v) is 25.6. The maximum atomic E-state index is 6.63. The summed E-state index contributed by atoms with van der Waals surface area (Å²) in [5.74, 6) is 0.920. The Balaban J connectivity index is 1.11. The highest BCUT2D eigenvalue weighted by atomic mass is 16.5. The molecule has 8 aromatic rings. The van der Waals surface area contributed by atoms with Crippen LogP contribution in [0.5, 0.6) is 5.75 Å². The molecule has 0 fully saturated rings. The first-order valence-corrected chi connectivity index (χ1v) is 16.2. The van der Waals surface area contributed by atoms with E-state index in [2.05, 4.69) is 156 Å². The first kappa shape index (κ1) is 26.2. The van der Waals surface area contributed by atoms with Gasteiger partial charge in [-0.25, -0.2) is 0 Å². The molecule has 2 N–H and O–H groups in total. The van der Waals surface area contributed by atoms with Crippen molar-refractivity contribution in [3.63, 3.8) is 0 Å². The summed E-state index contributed by atoms with van der Waals surface area (Å²) in [6.45, 7) is 0. The second-order valence-electron chi connectivity index (χ2n) is 12.6. The molecule has 2 atom stereocenters. The summed E-state index contributed by atoms with van der Waals surface area (Å²) in [6, 6.07) is 49.0. The summed E-state index contributed by atoms with van der Waals surface area (Å²) in [4.78, 5) is 0. The van der Waals surface area contributed by atoms with Gasteiger partial charge in [-0.1, -0.05) is 121 Å². The molecule has 0 saturated heterocycles. The minimum absolute atomic E-state index is 0.0561. The molecule has 3 nitrogen and oxygen atoms in total. The van der Waals surface area contributed by atoms with Crippen molar-refractivity contribution in [1.29, 1.82) is 0 Å². The SMILES string of the molecule is C1=CNC(C2Nc3ccc4ccc5ccc(-c6cccc(-c7cc8ccc9ccccc9c8c8ccccc78)c6)cc5c4c3O2)C=C1. The zero-order chi connectivity index (χ0) is 30.9. The third-order valence-electron chi connectivity index (χ3n) is 9.89. The van der Waals surface area contributed by atoms with Crippen LogP contribution in [0.2, 0.25) is 0 Å².